The van der Waals surface area contributed by atoms with E-state index in [2.05, 4.69) is 20.7 Å². The molecule has 0 rings (SSSR count). The van der Waals surface area contributed by atoms with Crippen molar-refractivity contribution < 1.29 is 19.0 Å². The van der Waals surface area contributed by atoms with Crippen LogP contribution in [0.25, 0.3) is 0 Å². The Bertz CT molecular complexity index is 174. The number of ether oxygens (including phenoxy) is 3. The van der Waals surface area contributed by atoms with E-state index in [1.54, 1.807) is 0 Å². The highest BCUT2D eigenvalue weighted by molar-refractivity contribution is 9.11. The standard InChI is InChI=1S/C7H11BrO4/c1-10-6(9)4-5(8)7(11-2)12-3/h4,7H,1-3H3/b5-4-. The smallest absolute Gasteiger partial charge is 0.331 e. The van der Waals surface area contributed by atoms with E-state index < -0.39 is 12.3 Å². The average Bonchev–Trinajstić information content (AvgIpc) is 2.06. The first-order valence-electron chi connectivity index (χ1n) is 3.16. The molecule has 0 unspecified atom stereocenters. The van der Waals surface area contributed by atoms with Gasteiger partial charge >= 0.3 is 5.97 Å². The van der Waals surface area contributed by atoms with Gasteiger partial charge in [0.15, 0.2) is 6.29 Å². The zero-order chi connectivity index (χ0) is 9.56. The molecule has 0 N–H and O–H groups in total. The Morgan fingerprint density at radius 3 is 2.17 bits per heavy atom. The Morgan fingerprint density at radius 1 is 1.33 bits per heavy atom. The summed E-state index contributed by atoms with van der Waals surface area (Å²) in [5, 5.41) is 0. The number of carbonyl (C=O) groups excluding carboxylic acids is 1. The van der Waals surface area contributed by atoms with E-state index in [0.29, 0.717) is 4.48 Å². The lowest BCUT2D eigenvalue weighted by atomic mass is 10.5. The van der Waals surface area contributed by atoms with Crippen molar-refractivity contribution in [1.82, 2.24) is 0 Å². The molecule has 0 aromatic carbocycles. The molecule has 0 saturated carbocycles. The van der Waals surface area contributed by atoms with Crippen molar-refractivity contribution in [2.75, 3.05) is 21.3 Å². The van der Waals surface area contributed by atoms with E-state index in [9.17, 15) is 4.79 Å². The first kappa shape index (κ1) is 11.6. The molecule has 70 valence electrons. The number of hydrogen-bond acceptors (Lipinski definition) is 4. The van der Waals surface area contributed by atoms with Crippen LogP contribution in [-0.4, -0.2) is 33.6 Å². The van der Waals surface area contributed by atoms with Gasteiger partial charge in [0.1, 0.15) is 0 Å². The van der Waals surface area contributed by atoms with Crippen LogP contribution in [0.4, 0.5) is 0 Å². The Labute approximate surface area is 79.6 Å². The highest BCUT2D eigenvalue weighted by Gasteiger charge is 2.10. The molecule has 0 aliphatic carbocycles. The summed E-state index contributed by atoms with van der Waals surface area (Å²) in [5.74, 6) is -0.457. The van der Waals surface area contributed by atoms with E-state index in [1.807, 2.05) is 0 Å². The van der Waals surface area contributed by atoms with Gasteiger partial charge in [0.05, 0.1) is 11.6 Å². The molecule has 0 amide bonds. The molecule has 12 heavy (non-hydrogen) atoms. The molecule has 0 atom stereocenters. The Balaban J connectivity index is 4.23. The van der Waals surface area contributed by atoms with Crippen molar-refractivity contribution in [3.8, 4) is 0 Å². The van der Waals surface area contributed by atoms with Crippen LogP contribution >= 0.6 is 15.9 Å². The predicted molar refractivity (Wildman–Crippen MR) is 46.8 cm³/mol. The van der Waals surface area contributed by atoms with Gasteiger partial charge in [0, 0.05) is 20.3 Å². The minimum absolute atomic E-state index is 0.457. The van der Waals surface area contributed by atoms with Crippen molar-refractivity contribution in [1.29, 1.82) is 0 Å². The number of halogens is 1. The first-order chi connectivity index (χ1) is 5.65. The second kappa shape index (κ2) is 6.16. The zero-order valence-electron chi connectivity index (χ0n) is 7.17. The van der Waals surface area contributed by atoms with E-state index in [1.165, 1.54) is 27.4 Å². The monoisotopic (exact) mass is 238 g/mol. The van der Waals surface area contributed by atoms with Gasteiger partial charge in [-0.05, 0) is 15.9 Å². The molecule has 0 heterocycles. The molecule has 0 radical (unpaired) electrons. The SMILES string of the molecule is COC(=O)/C=C(\Br)C(OC)OC. The fourth-order valence-corrected chi connectivity index (χ4v) is 1.12. The average molecular weight is 239 g/mol. The van der Waals surface area contributed by atoms with Crippen molar-refractivity contribution >= 4 is 21.9 Å². The minimum atomic E-state index is -0.566. The van der Waals surface area contributed by atoms with Crippen molar-refractivity contribution in [3.05, 3.63) is 10.6 Å². The second-order valence-electron chi connectivity index (χ2n) is 1.86. The van der Waals surface area contributed by atoms with E-state index >= 15 is 0 Å². The van der Waals surface area contributed by atoms with E-state index in [0.717, 1.165) is 0 Å². The van der Waals surface area contributed by atoms with Gasteiger partial charge in [-0.2, -0.15) is 0 Å². The lowest BCUT2D eigenvalue weighted by Crippen LogP contribution is -2.14. The van der Waals surface area contributed by atoms with Crippen molar-refractivity contribution in [3.63, 3.8) is 0 Å². The van der Waals surface area contributed by atoms with Crippen LogP contribution < -0.4 is 0 Å². The normalized spacial score (nSPS) is 11.9. The van der Waals surface area contributed by atoms with Crippen LogP contribution in [0.2, 0.25) is 0 Å². The molecule has 0 spiro atoms. The van der Waals surface area contributed by atoms with Crippen molar-refractivity contribution in [2.45, 2.75) is 6.29 Å². The Morgan fingerprint density at radius 2 is 1.83 bits per heavy atom. The largest absolute Gasteiger partial charge is 0.466 e. The summed E-state index contributed by atoms with van der Waals surface area (Å²) in [4.78, 5) is 10.7. The third-order valence-electron chi connectivity index (χ3n) is 1.11. The number of methoxy groups -OCH3 is 3. The molecule has 0 bridgehead atoms. The maximum atomic E-state index is 10.7. The lowest BCUT2D eigenvalue weighted by molar-refractivity contribution is -0.135. The van der Waals surface area contributed by atoms with Crippen LogP contribution in [0.5, 0.6) is 0 Å². The van der Waals surface area contributed by atoms with Gasteiger partial charge in [-0.1, -0.05) is 0 Å². The number of hydrogen-bond donors (Lipinski definition) is 0. The van der Waals surface area contributed by atoms with Gasteiger partial charge in [-0.15, -0.1) is 0 Å². The highest BCUT2D eigenvalue weighted by atomic mass is 79.9. The molecule has 4 nitrogen and oxygen atoms in total. The fourth-order valence-electron chi connectivity index (χ4n) is 0.561. The zero-order valence-corrected chi connectivity index (χ0v) is 8.75. The molecule has 0 fully saturated rings. The van der Waals surface area contributed by atoms with E-state index in [4.69, 9.17) is 9.47 Å². The quantitative estimate of drug-likeness (QED) is 0.418. The van der Waals surface area contributed by atoms with E-state index in [-0.39, 0.29) is 0 Å². The van der Waals surface area contributed by atoms with Gasteiger partial charge in [-0.3, -0.25) is 0 Å². The van der Waals surface area contributed by atoms with Gasteiger partial charge in [0.2, 0.25) is 0 Å². The Hall–Kier alpha value is -0.390. The van der Waals surface area contributed by atoms with Crippen LogP contribution in [0.3, 0.4) is 0 Å². The fraction of sp³-hybridized carbons (Fsp3) is 0.571. The van der Waals surface area contributed by atoms with Crippen LogP contribution in [0.1, 0.15) is 0 Å². The molecule has 0 aromatic rings. The van der Waals surface area contributed by atoms with Gasteiger partial charge < -0.3 is 14.2 Å². The molecule has 0 aromatic heterocycles. The molecule has 0 aliphatic heterocycles. The van der Waals surface area contributed by atoms with Gasteiger partial charge in [-0.25, -0.2) is 4.79 Å². The van der Waals surface area contributed by atoms with Crippen LogP contribution in [0.15, 0.2) is 10.6 Å². The number of carbonyl (C=O) groups is 1. The number of rotatable bonds is 4. The summed E-state index contributed by atoms with van der Waals surface area (Å²) in [6, 6.07) is 0. The lowest BCUT2D eigenvalue weighted by Gasteiger charge is -2.11. The molecular formula is C7H11BrO4. The van der Waals surface area contributed by atoms with Crippen LogP contribution in [-0.2, 0) is 19.0 Å². The summed E-state index contributed by atoms with van der Waals surface area (Å²) in [6.07, 6.45) is 0.682. The topological polar surface area (TPSA) is 44.8 Å². The molecule has 0 saturated heterocycles. The maximum absolute atomic E-state index is 10.7. The van der Waals surface area contributed by atoms with Crippen molar-refractivity contribution in [2.24, 2.45) is 0 Å². The second-order valence-corrected chi connectivity index (χ2v) is 2.77. The summed E-state index contributed by atoms with van der Waals surface area (Å²) in [6.45, 7) is 0. The third kappa shape index (κ3) is 3.85. The summed E-state index contributed by atoms with van der Waals surface area (Å²) >= 11 is 3.12. The third-order valence-corrected chi connectivity index (χ3v) is 1.71. The number of esters is 1. The van der Waals surface area contributed by atoms with Crippen LogP contribution in [0, 0.1) is 0 Å². The van der Waals surface area contributed by atoms with Gasteiger partial charge in [0.25, 0.3) is 0 Å². The molecular weight excluding hydrogens is 228 g/mol. The summed E-state index contributed by atoms with van der Waals surface area (Å²) in [7, 11) is 4.24. The maximum Gasteiger partial charge on any atom is 0.331 e. The Kier molecular flexibility index (Phi) is 5.96. The highest BCUT2D eigenvalue weighted by Crippen LogP contribution is 2.14. The first-order valence-corrected chi connectivity index (χ1v) is 3.95. The summed E-state index contributed by atoms with van der Waals surface area (Å²) in [5.41, 5.74) is 0. The minimum Gasteiger partial charge on any atom is -0.466 e. The predicted octanol–water partition coefficient (Wildman–Crippen LogP) is 1.06. The molecule has 5 heteroatoms. The summed E-state index contributed by atoms with van der Waals surface area (Å²) < 4.78 is 14.6. The molecule has 0 aliphatic rings.